The van der Waals surface area contributed by atoms with E-state index >= 15 is 0 Å². The summed E-state index contributed by atoms with van der Waals surface area (Å²) >= 11 is 5.94. The lowest BCUT2D eigenvalue weighted by atomic mass is 10.2. The number of hydrogen-bond donors (Lipinski definition) is 2. The van der Waals surface area contributed by atoms with Gasteiger partial charge in [-0.1, -0.05) is 29.8 Å². The monoisotopic (exact) mass is 324 g/mol. The zero-order chi connectivity index (χ0) is 15.5. The predicted octanol–water partition coefficient (Wildman–Crippen LogP) is 2.50. The van der Waals surface area contributed by atoms with Crippen molar-refractivity contribution in [1.82, 2.24) is 5.43 Å². The van der Waals surface area contributed by atoms with E-state index in [-0.39, 0.29) is 15.5 Å². The van der Waals surface area contributed by atoms with Crippen LogP contribution < -0.4 is 10.9 Å². The molecule has 2 aromatic carbocycles. The minimum absolute atomic E-state index is 0.0387. The van der Waals surface area contributed by atoms with Crippen LogP contribution in [-0.2, 0) is 9.84 Å². The first-order valence-corrected chi connectivity index (χ1v) is 8.26. The Kier molecular flexibility index (Phi) is 4.50. The smallest absolute Gasteiger partial charge is 0.271 e. The Morgan fingerprint density at radius 3 is 2.38 bits per heavy atom. The maximum atomic E-state index is 12.1. The van der Waals surface area contributed by atoms with Crippen molar-refractivity contribution in [2.24, 2.45) is 0 Å². The molecule has 110 valence electrons. The summed E-state index contributed by atoms with van der Waals surface area (Å²) in [5, 5.41) is 0.176. The Balaban J connectivity index is 2.19. The number of hydrogen-bond acceptors (Lipinski definition) is 4. The molecular formula is C14H13ClN2O3S. The van der Waals surface area contributed by atoms with Gasteiger partial charge in [0.2, 0.25) is 0 Å². The van der Waals surface area contributed by atoms with Crippen molar-refractivity contribution in [3.63, 3.8) is 0 Å². The molecule has 0 aliphatic carbocycles. The summed E-state index contributed by atoms with van der Waals surface area (Å²) in [6.07, 6.45) is 1.07. The van der Waals surface area contributed by atoms with Gasteiger partial charge in [-0.2, -0.15) is 0 Å². The minimum Gasteiger partial charge on any atom is -0.298 e. The average molecular weight is 325 g/mol. The van der Waals surface area contributed by atoms with Crippen LogP contribution in [0.3, 0.4) is 0 Å². The second-order valence-electron chi connectivity index (χ2n) is 4.36. The van der Waals surface area contributed by atoms with Crippen molar-refractivity contribution in [2.75, 3.05) is 11.7 Å². The first-order valence-electron chi connectivity index (χ1n) is 5.99. The van der Waals surface area contributed by atoms with E-state index in [1.54, 1.807) is 12.1 Å². The summed E-state index contributed by atoms with van der Waals surface area (Å²) in [4.78, 5) is 12.1. The van der Waals surface area contributed by atoms with E-state index in [1.165, 1.54) is 18.2 Å². The quantitative estimate of drug-likeness (QED) is 0.847. The molecule has 5 nitrogen and oxygen atoms in total. The highest BCUT2D eigenvalue weighted by Crippen LogP contribution is 2.20. The standard InChI is InChI=1S/C14H13ClN2O3S/c1-21(19,20)11-7-8-13(15)12(9-11)14(18)17-16-10-5-3-2-4-6-10/h2-9,16H,1H3,(H,17,18). The summed E-state index contributed by atoms with van der Waals surface area (Å²) in [5.41, 5.74) is 5.97. The van der Waals surface area contributed by atoms with Gasteiger partial charge in [-0.05, 0) is 30.3 Å². The van der Waals surface area contributed by atoms with E-state index in [0.717, 1.165) is 6.26 Å². The van der Waals surface area contributed by atoms with Crippen LogP contribution in [0.5, 0.6) is 0 Å². The molecular weight excluding hydrogens is 312 g/mol. The molecule has 0 aliphatic heterocycles. The second-order valence-corrected chi connectivity index (χ2v) is 6.78. The van der Waals surface area contributed by atoms with Gasteiger partial charge >= 0.3 is 0 Å². The van der Waals surface area contributed by atoms with Crippen molar-refractivity contribution in [1.29, 1.82) is 0 Å². The van der Waals surface area contributed by atoms with Crippen molar-refractivity contribution >= 4 is 33.0 Å². The maximum Gasteiger partial charge on any atom is 0.271 e. The fraction of sp³-hybridized carbons (Fsp3) is 0.0714. The average Bonchev–Trinajstić information content (AvgIpc) is 2.45. The van der Waals surface area contributed by atoms with E-state index in [1.807, 2.05) is 18.2 Å². The molecule has 0 bridgehead atoms. The number of benzene rings is 2. The number of nitrogens with one attached hydrogen (secondary N) is 2. The highest BCUT2D eigenvalue weighted by atomic mass is 35.5. The molecule has 0 radical (unpaired) electrons. The van der Waals surface area contributed by atoms with Gasteiger partial charge < -0.3 is 0 Å². The van der Waals surface area contributed by atoms with E-state index < -0.39 is 15.7 Å². The van der Waals surface area contributed by atoms with Crippen LogP contribution in [-0.4, -0.2) is 20.6 Å². The predicted molar refractivity (Wildman–Crippen MR) is 82.1 cm³/mol. The second kappa shape index (κ2) is 6.15. The van der Waals surface area contributed by atoms with Crippen molar-refractivity contribution < 1.29 is 13.2 Å². The van der Waals surface area contributed by atoms with Crippen LogP contribution in [0.4, 0.5) is 5.69 Å². The molecule has 0 heterocycles. The lowest BCUT2D eigenvalue weighted by molar-refractivity contribution is 0.0962. The third kappa shape index (κ3) is 3.96. The number of carbonyl (C=O) groups excluding carboxylic acids is 1. The molecule has 21 heavy (non-hydrogen) atoms. The minimum atomic E-state index is -3.40. The van der Waals surface area contributed by atoms with Crippen molar-refractivity contribution in [2.45, 2.75) is 4.90 Å². The van der Waals surface area contributed by atoms with Gasteiger partial charge in [0.25, 0.3) is 5.91 Å². The fourth-order valence-corrected chi connectivity index (χ4v) is 2.48. The van der Waals surface area contributed by atoms with Crippen LogP contribution in [0, 0.1) is 0 Å². The lowest BCUT2D eigenvalue weighted by Gasteiger charge is -2.10. The molecule has 7 heteroatoms. The molecule has 0 fully saturated rings. The highest BCUT2D eigenvalue weighted by Gasteiger charge is 2.15. The van der Waals surface area contributed by atoms with Gasteiger partial charge in [-0.15, -0.1) is 0 Å². The van der Waals surface area contributed by atoms with E-state index in [0.29, 0.717) is 5.69 Å². The number of anilines is 1. The number of halogens is 1. The third-order valence-electron chi connectivity index (χ3n) is 2.70. The van der Waals surface area contributed by atoms with Gasteiger partial charge in [0.1, 0.15) is 0 Å². The van der Waals surface area contributed by atoms with Gasteiger partial charge in [-0.3, -0.25) is 15.6 Å². The Bertz CT molecular complexity index is 761. The zero-order valence-corrected chi connectivity index (χ0v) is 12.7. The Labute approximate surface area is 127 Å². The molecule has 0 aliphatic rings. The van der Waals surface area contributed by atoms with Crippen LogP contribution in [0.15, 0.2) is 53.4 Å². The Morgan fingerprint density at radius 1 is 1.10 bits per heavy atom. The van der Waals surface area contributed by atoms with Gasteiger partial charge in [0.05, 0.1) is 21.2 Å². The normalized spacial score (nSPS) is 11.0. The Hall–Kier alpha value is -2.05. The summed E-state index contributed by atoms with van der Waals surface area (Å²) < 4.78 is 23.0. The zero-order valence-electron chi connectivity index (χ0n) is 11.1. The van der Waals surface area contributed by atoms with Crippen LogP contribution in [0.2, 0.25) is 5.02 Å². The molecule has 2 aromatic rings. The summed E-state index contributed by atoms with van der Waals surface area (Å²) in [7, 11) is -3.40. The SMILES string of the molecule is CS(=O)(=O)c1ccc(Cl)c(C(=O)NNc2ccccc2)c1. The van der Waals surface area contributed by atoms with Crippen molar-refractivity contribution in [3.8, 4) is 0 Å². The molecule has 1 amide bonds. The maximum absolute atomic E-state index is 12.1. The first-order chi connectivity index (χ1) is 9.88. The van der Waals surface area contributed by atoms with Gasteiger partial charge in [0.15, 0.2) is 9.84 Å². The van der Waals surface area contributed by atoms with E-state index in [9.17, 15) is 13.2 Å². The number of rotatable bonds is 4. The van der Waals surface area contributed by atoms with E-state index in [4.69, 9.17) is 11.6 Å². The Morgan fingerprint density at radius 2 is 1.76 bits per heavy atom. The molecule has 0 spiro atoms. The molecule has 0 aromatic heterocycles. The van der Waals surface area contributed by atoms with Crippen LogP contribution in [0.1, 0.15) is 10.4 Å². The third-order valence-corrected chi connectivity index (χ3v) is 4.14. The first kappa shape index (κ1) is 15.3. The molecule has 2 N–H and O–H groups in total. The van der Waals surface area contributed by atoms with E-state index in [2.05, 4.69) is 10.9 Å². The number of para-hydroxylation sites is 1. The number of hydrazine groups is 1. The molecule has 0 atom stereocenters. The summed E-state index contributed by atoms with van der Waals surface area (Å²) in [6, 6.07) is 13.0. The number of amides is 1. The van der Waals surface area contributed by atoms with Crippen LogP contribution in [0.25, 0.3) is 0 Å². The van der Waals surface area contributed by atoms with Gasteiger partial charge in [-0.25, -0.2) is 8.42 Å². The van der Waals surface area contributed by atoms with Crippen LogP contribution >= 0.6 is 11.6 Å². The topological polar surface area (TPSA) is 75.3 Å². The number of carbonyl (C=O) groups is 1. The largest absolute Gasteiger partial charge is 0.298 e. The molecule has 0 unspecified atom stereocenters. The summed E-state index contributed by atoms with van der Waals surface area (Å²) in [6.45, 7) is 0. The summed E-state index contributed by atoms with van der Waals surface area (Å²) in [5.74, 6) is -0.519. The number of sulfone groups is 1. The molecule has 0 saturated heterocycles. The lowest BCUT2D eigenvalue weighted by Crippen LogP contribution is -2.29. The van der Waals surface area contributed by atoms with Crippen molar-refractivity contribution in [3.05, 3.63) is 59.1 Å². The molecule has 2 rings (SSSR count). The molecule has 0 saturated carbocycles. The highest BCUT2D eigenvalue weighted by molar-refractivity contribution is 7.90. The van der Waals surface area contributed by atoms with Gasteiger partial charge in [0, 0.05) is 6.26 Å². The fourth-order valence-electron chi connectivity index (χ4n) is 1.63.